The molecule has 5 nitrogen and oxygen atoms in total. The van der Waals surface area contributed by atoms with E-state index in [-0.39, 0.29) is 28.3 Å². The number of fused-ring (bicyclic) bond motifs is 1. The van der Waals surface area contributed by atoms with Crippen LogP contribution in [0.15, 0.2) is 30.2 Å². The third-order valence-corrected chi connectivity index (χ3v) is 5.06. The van der Waals surface area contributed by atoms with E-state index in [9.17, 15) is 26.0 Å². The summed E-state index contributed by atoms with van der Waals surface area (Å²) in [6.07, 6.45) is -1.15. The third-order valence-electron chi connectivity index (χ3n) is 4.22. The van der Waals surface area contributed by atoms with E-state index in [4.69, 9.17) is 0 Å². The Kier molecular flexibility index (Phi) is 4.47. The Labute approximate surface area is 147 Å². The van der Waals surface area contributed by atoms with Crippen LogP contribution >= 0.6 is 0 Å². The van der Waals surface area contributed by atoms with E-state index in [2.05, 4.69) is 9.97 Å². The molecule has 1 aliphatic rings. The number of hydrogen-bond acceptors (Lipinski definition) is 4. The van der Waals surface area contributed by atoms with Crippen molar-refractivity contribution in [2.75, 3.05) is 0 Å². The molecule has 3 rings (SSSR count). The lowest BCUT2D eigenvalue weighted by Crippen LogP contribution is -2.21. The van der Waals surface area contributed by atoms with Gasteiger partial charge in [0.1, 0.15) is 22.0 Å². The van der Waals surface area contributed by atoms with Crippen molar-refractivity contribution in [3.63, 3.8) is 0 Å². The molecule has 2 heterocycles. The van der Waals surface area contributed by atoms with Crippen LogP contribution in [0.25, 0.3) is 16.7 Å². The van der Waals surface area contributed by atoms with Gasteiger partial charge in [-0.2, -0.15) is 21.6 Å². The van der Waals surface area contributed by atoms with E-state index in [0.717, 1.165) is 12.1 Å². The first kappa shape index (κ1) is 18.3. The highest BCUT2D eigenvalue weighted by molar-refractivity contribution is 7.73. The summed E-state index contributed by atoms with van der Waals surface area (Å²) in [5, 5.41) is 0. The average molecular weight is 387 g/mol. The van der Waals surface area contributed by atoms with Crippen molar-refractivity contribution in [2.24, 2.45) is 13.0 Å². The summed E-state index contributed by atoms with van der Waals surface area (Å²) >= 11 is 0. The van der Waals surface area contributed by atoms with Crippen molar-refractivity contribution >= 4 is 31.9 Å². The Morgan fingerprint density at radius 2 is 1.96 bits per heavy atom. The van der Waals surface area contributed by atoms with Gasteiger partial charge in [0.05, 0.1) is 5.56 Å². The molecule has 2 aromatic rings. The highest BCUT2D eigenvalue weighted by Crippen LogP contribution is 2.35. The summed E-state index contributed by atoms with van der Waals surface area (Å²) in [6.45, 7) is 1.69. The summed E-state index contributed by atoms with van der Waals surface area (Å²) in [5.74, 6) is -1.40. The quantitative estimate of drug-likeness (QED) is 0.586. The lowest BCUT2D eigenvalue weighted by atomic mass is 9.88. The average Bonchev–Trinajstić information content (AvgIpc) is 2.89. The minimum atomic E-state index is -4.55. The summed E-state index contributed by atoms with van der Waals surface area (Å²) in [5.41, 5.74) is -0.295. The number of pyridine rings is 1. The van der Waals surface area contributed by atoms with Gasteiger partial charge in [0.15, 0.2) is 5.65 Å². The molecule has 0 aliphatic heterocycles. The van der Waals surface area contributed by atoms with Gasteiger partial charge in [-0.15, -0.1) is 0 Å². The number of aromatic nitrogens is 3. The van der Waals surface area contributed by atoms with Crippen LogP contribution in [-0.2, 0) is 23.5 Å². The number of aryl methyl sites for hydroxylation is 1. The first-order valence-corrected chi connectivity index (χ1v) is 8.66. The number of imidazole rings is 1. The molecule has 2 aromatic heterocycles. The Morgan fingerprint density at radius 3 is 2.54 bits per heavy atom. The van der Waals surface area contributed by atoms with Gasteiger partial charge >= 0.3 is 6.18 Å². The number of allylic oxidation sites excluding steroid dienone is 4. The maximum absolute atomic E-state index is 13.9. The molecule has 0 amide bonds. The zero-order valence-corrected chi connectivity index (χ0v) is 14.5. The van der Waals surface area contributed by atoms with E-state index in [0.29, 0.717) is 11.8 Å². The fourth-order valence-electron chi connectivity index (χ4n) is 2.99. The molecule has 10 heteroatoms. The van der Waals surface area contributed by atoms with Crippen LogP contribution in [0.5, 0.6) is 0 Å². The Balaban J connectivity index is 2.22. The van der Waals surface area contributed by atoms with Crippen molar-refractivity contribution < 1.29 is 26.0 Å². The van der Waals surface area contributed by atoms with Gasteiger partial charge in [-0.3, -0.25) is 0 Å². The Hall–Kier alpha value is -2.49. The van der Waals surface area contributed by atoms with Crippen molar-refractivity contribution in [3.05, 3.63) is 41.6 Å². The first-order valence-electron chi connectivity index (χ1n) is 7.59. The van der Waals surface area contributed by atoms with Crippen LogP contribution in [0.3, 0.4) is 0 Å². The minimum Gasteiger partial charge on any atom is -0.312 e. The maximum Gasteiger partial charge on any atom is 0.417 e. The summed E-state index contributed by atoms with van der Waals surface area (Å²) in [7, 11) is -1.21. The van der Waals surface area contributed by atoms with Crippen molar-refractivity contribution in [1.29, 1.82) is 0 Å². The molecule has 0 saturated carbocycles. The van der Waals surface area contributed by atoms with Crippen LogP contribution in [-0.4, -0.2) is 27.8 Å². The third kappa shape index (κ3) is 2.94. The lowest BCUT2D eigenvalue weighted by Gasteiger charge is -2.21. The van der Waals surface area contributed by atoms with Crippen molar-refractivity contribution in [3.8, 4) is 0 Å². The second kappa shape index (κ2) is 6.35. The summed E-state index contributed by atoms with van der Waals surface area (Å²) in [4.78, 5) is 7.62. The second-order valence-corrected chi connectivity index (χ2v) is 6.66. The van der Waals surface area contributed by atoms with Gasteiger partial charge < -0.3 is 4.57 Å². The minimum absolute atomic E-state index is 0.0212. The summed E-state index contributed by atoms with van der Waals surface area (Å²) in [6, 6.07) is 0.878. The van der Waals surface area contributed by atoms with Crippen LogP contribution in [0, 0.1) is 5.92 Å². The van der Waals surface area contributed by atoms with Crippen LogP contribution in [0.2, 0.25) is 0 Å². The Morgan fingerprint density at radius 1 is 1.27 bits per heavy atom. The predicted octanol–water partition coefficient (Wildman–Crippen LogP) is 3.32. The van der Waals surface area contributed by atoms with Crippen LogP contribution < -0.4 is 0 Å². The fraction of sp³-hybridized carbons (Fsp3) is 0.312. The fourth-order valence-corrected chi connectivity index (χ4v) is 3.74. The van der Waals surface area contributed by atoms with Gasteiger partial charge in [0.2, 0.25) is 10.3 Å². The lowest BCUT2D eigenvalue weighted by molar-refractivity contribution is -0.137. The number of halogens is 4. The highest BCUT2D eigenvalue weighted by Gasteiger charge is 2.33. The molecule has 0 spiro atoms. The molecular formula is C16H13F4N3O2S. The van der Waals surface area contributed by atoms with Gasteiger partial charge in [-0.25, -0.2) is 14.4 Å². The second-order valence-electron chi connectivity index (χ2n) is 5.76. The first-order chi connectivity index (χ1) is 12.1. The number of nitrogens with zero attached hydrogens (tertiary/aromatic N) is 3. The number of rotatable bonds is 2. The summed E-state index contributed by atoms with van der Waals surface area (Å²) < 4.78 is 76.8. The highest BCUT2D eigenvalue weighted by atomic mass is 32.2. The van der Waals surface area contributed by atoms with Gasteiger partial charge in [0.25, 0.3) is 0 Å². The topological polar surface area (TPSA) is 64.8 Å². The smallest absolute Gasteiger partial charge is 0.312 e. The zero-order chi connectivity index (χ0) is 19.2. The van der Waals surface area contributed by atoms with E-state index < -0.39 is 33.8 Å². The largest absolute Gasteiger partial charge is 0.417 e. The molecule has 0 fully saturated rings. The molecule has 0 radical (unpaired) electrons. The van der Waals surface area contributed by atoms with Gasteiger partial charge in [-0.1, -0.05) is 13.0 Å². The normalized spacial score (nSPS) is 18.1. The van der Waals surface area contributed by atoms with Crippen LogP contribution in [0.4, 0.5) is 17.6 Å². The van der Waals surface area contributed by atoms with Gasteiger partial charge in [-0.05, 0) is 18.6 Å². The molecule has 0 bridgehead atoms. The van der Waals surface area contributed by atoms with E-state index in [1.807, 2.05) is 0 Å². The van der Waals surface area contributed by atoms with E-state index in [1.54, 1.807) is 14.0 Å². The zero-order valence-electron chi connectivity index (χ0n) is 13.7. The molecule has 0 saturated heterocycles. The van der Waals surface area contributed by atoms with E-state index in [1.165, 1.54) is 10.6 Å². The molecule has 0 aromatic carbocycles. The predicted molar refractivity (Wildman–Crippen MR) is 88.4 cm³/mol. The number of hydrogen-bond donors (Lipinski definition) is 0. The van der Waals surface area contributed by atoms with Crippen LogP contribution in [0.1, 0.15) is 24.7 Å². The molecule has 1 atom stereocenters. The molecule has 1 unspecified atom stereocenters. The SMILES string of the molecule is CCC1C(c2nc3cc(C(F)(F)F)cnc3n2C)=CC=C(F)C1=S(=O)=O. The van der Waals surface area contributed by atoms with Gasteiger partial charge in [0, 0.05) is 24.7 Å². The van der Waals surface area contributed by atoms with E-state index >= 15 is 0 Å². The van der Waals surface area contributed by atoms with Crippen molar-refractivity contribution in [1.82, 2.24) is 14.5 Å². The molecule has 26 heavy (non-hydrogen) atoms. The molecular weight excluding hydrogens is 374 g/mol. The van der Waals surface area contributed by atoms with Crippen molar-refractivity contribution in [2.45, 2.75) is 19.5 Å². The maximum atomic E-state index is 13.9. The standard InChI is InChI=1S/C16H13F4N3O2S/c1-3-9-10(4-5-11(17)13(9)26(24)25)14-22-12-6-8(16(18,19)20)7-21-15(12)23(14)2/h4-7,9H,3H2,1-2H3. The molecule has 0 N–H and O–H groups in total. The monoisotopic (exact) mass is 387 g/mol. The molecule has 1 aliphatic carbocycles. The number of alkyl halides is 3. The molecule has 138 valence electrons. The Bertz CT molecular complexity index is 1090.